The van der Waals surface area contributed by atoms with Crippen molar-refractivity contribution in [2.24, 2.45) is 0 Å². The first kappa shape index (κ1) is 11.0. The van der Waals surface area contributed by atoms with Gasteiger partial charge in [-0.2, -0.15) is 0 Å². The van der Waals surface area contributed by atoms with Gasteiger partial charge in [0.05, 0.1) is 11.9 Å². The molecule has 0 fully saturated rings. The molecule has 0 aliphatic heterocycles. The molecular formula is C12H13N3S. The first-order chi connectivity index (χ1) is 7.79. The average molecular weight is 231 g/mol. The molecule has 82 valence electrons. The lowest BCUT2D eigenvalue weighted by Gasteiger charge is -1.96. The summed E-state index contributed by atoms with van der Waals surface area (Å²) in [5, 5.41) is 8.19. The Morgan fingerprint density at radius 2 is 2.06 bits per heavy atom. The minimum Gasteiger partial charge on any atom is -0.220 e. The molecule has 0 saturated carbocycles. The van der Waals surface area contributed by atoms with Crippen molar-refractivity contribution in [1.82, 2.24) is 15.0 Å². The maximum absolute atomic E-state index is 4.10. The molecule has 0 amide bonds. The fourth-order valence-electron chi connectivity index (χ4n) is 1.32. The highest BCUT2D eigenvalue weighted by molar-refractivity contribution is 8.02. The third-order valence-electron chi connectivity index (χ3n) is 2.20. The van der Waals surface area contributed by atoms with Crippen molar-refractivity contribution >= 4 is 17.8 Å². The smallest absolute Gasteiger partial charge is 0.107 e. The van der Waals surface area contributed by atoms with Gasteiger partial charge in [-0.05, 0) is 36.3 Å². The van der Waals surface area contributed by atoms with Crippen LogP contribution in [0.5, 0.6) is 0 Å². The number of hydrogen-bond donors (Lipinski definition) is 0. The number of allylic oxidation sites excluding steroid dienone is 1. The molecule has 0 unspecified atom stereocenters. The number of thioether (sulfide) groups is 1. The van der Waals surface area contributed by atoms with E-state index in [9.17, 15) is 0 Å². The van der Waals surface area contributed by atoms with E-state index < -0.39 is 0 Å². The second-order valence-electron chi connectivity index (χ2n) is 3.38. The van der Waals surface area contributed by atoms with E-state index in [2.05, 4.69) is 17.2 Å². The van der Waals surface area contributed by atoms with Crippen LogP contribution in [-0.2, 0) is 0 Å². The van der Waals surface area contributed by atoms with Gasteiger partial charge in [0, 0.05) is 0 Å². The highest BCUT2D eigenvalue weighted by Gasteiger charge is 1.99. The second-order valence-corrected chi connectivity index (χ2v) is 4.43. The maximum atomic E-state index is 4.10. The third kappa shape index (κ3) is 2.52. The Kier molecular flexibility index (Phi) is 3.41. The van der Waals surface area contributed by atoms with Crippen LogP contribution in [0.3, 0.4) is 0 Å². The standard InChI is InChI=1S/C12H13N3S/c1-10(16-2)8-11-9-15(14-13-11)12-6-4-3-5-7-12/h3-9H,1-2H3/b10-8-. The van der Waals surface area contributed by atoms with Crippen molar-refractivity contribution in [2.45, 2.75) is 6.92 Å². The molecule has 2 rings (SSSR count). The van der Waals surface area contributed by atoms with Crippen molar-refractivity contribution in [3.8, 4) is 5.69 Å². The number of hydrogen-bond acceptors (Lipinski definition) is 3. The lowest BCUT2D eigenvalue weighted by atomic mass is 10.3. The van der Waals surface area contributed by atoms with Crippen molar-refractivity contribution < 1.29 is 0 Å². The molecule has 0 aliphatic rings. The fourth-order valence-corrected chi connectivity index (χ4v) is 1.56. The molecule has 0 bridgehead atoms. The van der Waals surface area contributed by atoms with Crippen LogP contribution >= 0.6 is 11.8 Å². The molecule has 1 aromatic carbocycles. The third-order valence-corrected chi connectivity index (χ3v) is 2.97. The predicted molar refractivity (Wildman–Crippen MR) is 68.5 cm³/mol. The van der Waals surface area contributed by atoms with Crippen LogP contribution in [0.25, 0.3) is 11.8 Å². The van der Waals surface area contributed by atoms with E-state index in [1.807, 2.05) is 48.9 Å². The highest BCUT2D eigenvalue weighted by Crippen LogP contribution is 2.14. The molecule has 0 saturated heterocycles. The molecule has 1 aromatic heterocycles. The van der Waals surface area contributed by atoms with Crippen LogP contribution in [0, 0.1) is 0 Å². The zero-order valence-corrected chi connectivity index (χ0v) is 10.1. The van der Waals surface area contributed by atoms with Gasteiger partial charge < -0.3 is 0 Å². The summed E-state index contributed by atoms with van der Waals surface area (Å²) in [5.74, 6) is 0. The molecule has 4 heteroatoms. The SMILES string of the molecule is CS/C(C)=C\c1cn(-c2ccccc2)nn1. The van der Waals surface area contributed by atoms with Crippen molar-refractivity contribution in [1.29, 1.82) is 0 Å². The number of rotatable bonds is 3. The van der Waals surface area contributed by atoms with Gasteiger partial charge in [0.25, 0.3) is 0 Å². The van der Waals surface area contributed by atoms with Gasteiger partial charge in [0.15, 0.2) is 0 Å². The summed E-state index contributed by atoms with van der Waals surface area (Å²) >= 11 is 1.71. The summed E-state index contributed by atoms with van der Waals surface area (Å²) in [6.07, 6.45) is 6.00. The van der Waals surface area contributed by atoms with Gasteiger partial charge in [0.1, 0.15) is 5.69 Å². The number of nitrogens with zero attached hydrogens (tertiary/aromatic N) is 3. The Morgan fingerprint density at radius 1 is 1.31 bits per heavy atom. The Labute approximate surface area is 99.2 Å². The predicted octanol–water partition coefficient (Wildman–Crippen LogP) is 2.99. The van der Waals surface area contributed by atoms with Crippen LogP contribution in [-0.4, -0.2) is 21.2 Å². The van der Waals surface area contributed by atoms with Crippen LogP contribution in [0.4, 0.5) is 0 Å². The van der Waals surface area contributed by atoms with Crippen molar-refractivity contribution in [2.75, 3.05) is 6.26 Å². The summed E-state index contributed by atoms with van der Waals surface area (Å²) in [6, 6.07) is 9.96. The van der Waals surface area contributed by atoms with Crippen LogP contribution in [0.1, 0.15) is 12.6 Å². The van der Waals surface area contributed by atoms with Gasteiger partial charge >= 0.3 is 0 Å². The van der Waals surface area contributed by atoms with E-state index in [0.717, 1.165) is 11.4 Å². The topological polar surface area (TPSA) is 30.7 Å². The van der Waals surface area contributed by atoms with E-state index in [1.54, 1.807) is 16.4 Å². The lowest BCUT2D eigenvalue weighted by Crippen LogP contribution is -1.93. The molecule has 0 radical (unpaired) electrons. The summed E-state index contributed by atoms with van der Waals surface area (Å²) in [4.78, 5) is 1.22. The molecule has 3 nitrogen and oxygen atoms in total. The molecule has 0 N–H and O–H groups in total. The summed E-state index contributed by atoms with van der Waals surface area (Å²) in [6.45, 7) is 2.06. The lowest BCUT2D eigenvalue weighted by molar-refractivity contribution is 0.802. The van der Waals surface area contributed by atoms with Crippen LogP contribution < -0.4 is 0 Å². The minimum atomic E-state index is 0.885. The summed E-state index contributed by atoms with van der Waals surface area (Å²) in [5.41, 5.74) is 1.91. The number of para-hydroxylation sites is 1. The quantitative estimate of drug-likeness (QED) is 0.813. The van der Waals surface area contributed by atoms with Gasteiger partial charge in [-0.15, -0.1) is 16.9 Å². The first-order valence-corrected chi connectivity index (χ1v) is 6.22. The normalized spacial score (nSPS) is 11.8. The molecule has 0 spiro atoms. The first-order valence-electron chi connectivity index (χ1n) is 4.99. The molecule has 2 aromatic rings. The molecule has 0 atom stereocenters. The van der Waals surface area contributed by atoms with Crippen molar-refractivity contribution in [3.63, 3.8) is 0 Å². The van der Waals surface area contributed by atoms with E-state index in [4.69, 9.17) is 0 Å². The van der Waals surface area contributed by atoms with Gasteiger partial charge in [0.2, 0.25) is 0 Å². The van der Waals surface area contributed by atoms with Gasteiger partial charge in [-0.3, -0.25) is 0 Å². The average Bonchev–Trinajstić information content (AvgIpc) is 2.78. The molecule has 1 heterocycles. The summed E-state index contributed by atoms with van der Waals surface area (Å²) in [7, 11) is 0. The zero-order valence-electron chi connectivity index (χ0n) is 9.29. The Bertz CT molecular complexity index is 488. The monoisotopic (exact) mass is 231 g/mol. The number of aromatic nitrogens is 3. The van der Waals surface area contributed by atoms with Gasteiger partial charge in [-0.1, -0.05) is 23.4 Å². The van der Waals surface area contributed by atoms with Gasteiger partial charge in [-0.25, -0.2) is 4.68 Å². The van der Waals surface area contributed by atoms with E-state index in [-0.39, 0.29) is 0 Å². The largest absolute Gasteiger partial charge is 0.220 e. The minimum absolute atomic E-state index is 0.885. The Morgan fingerprint density at radius 3 is 2.75 bits per heavy atom. The Hall–Kier alpha value is -1.55. The highest BCUT2D eigenvalue weighted by atomic mass is 32.2. The number of benzene rings is 1. The zero-order chi connectivity index (χ0) is 11.4. The second kappa shape index (κ2) is 4.99. The van der Waals surface area contributed by atoms with Crippen LogP contribution in [0.15, 0.2) is 41.4 Å². The molecular weight excluding hydrogens is 218 g/mol. The molecule has 16 heavy (non-hydrogen) atoms. The van der Waals surface area contributed by atoms with Crippen molar-refractivity contribution in [3.05, 3.63) is 47.1 Å². The fraction of sp³-hybridized carbons (Fsp3) is 0.167. The Balaban J connectivity index is 2.27. The van der Waals surface area contributed by atoms with E-state index >= 15 is 0 Å². The molecule has 0 aliphatic carbocycles. The van der Waals surface area contributed by atoms with Crippen LogP contribution in [0.2, 0.25) is 0 Å². The summed E-state index contributed by atoms with van der Waals surface area (Å²) < 4.78 is 1.78. The maximum Gasteiger partial charge on any atom is 0.107 e. The van der Waals surface area contributed by atoms with E-state index in [0.29, 0.717) is 0 Å². The van der Waals surface area contributed by atoms with E-state index in [1.165, 1.54) is 4.91 Å².